The highest BCUT2D eigenvalue weighted by Crippen LogP contribution is 2.21. The van der Waals surface area contributed by atoms with E-state index in [9.17, 15) is 0 Å². The topological polar surface area (TPSA) is 88.3 Å². The summed E-state index contributed by atoms with van der Waals surface area (Å²) in [7, 11) is 0. The second-order valence-corrected chi connectivity index (χ2v) is 4.71. The number of hydrazine groups is 1. The molecule has 0 spiro atoms. The van der Waals surface area contributed by atoms with Gasteiger partial charge in [-0.3, -0.25) is 4.98 Å². The Morgan fingerprint density at radius 1 is 1.05 bits per heavy atom. The van der Waals surface area contributed by atoms with Crippen molar-refractivity contribution in [2.45, 2.75) is 0 Å². The highest BCUT2D eigenvalue weighted by atomic mass is 16.5. The van der Waals surface area contributed by atoms with Crippen LogP contribution in [0.5, 0.6) is 0 Å². The normalized spacial score (nSPS) is 14.8. The Hall–Kier alpha value is -2.38. The third kappa shape index (κ3) is 3.39. The molecular formula is C14H18N6O. The summed E-state index contributed by atoms with van der Waals surface area (Å²) in [5.74, 6) is 6.48. The number of morpholine rings is 1. The largest absolute Gasteiger partial charge is 0.378 e. The first-order valence-corrected chi connectivity index (χ1v) is 6.83. The fraction of sp³-hybridized carbons (Fsp3) is 0.286. The molecule has 1 aliphatic heterocycles. The van der Waals surface area contributed by atoms with Gasteiger partial charge < -0.3 is 20.4 Å². The SMILES string of the molecule is NNc1cncc(Nc2ccc(N3CCOCC3)cc2)n1. The van der Waals surface area contributed by atoms with Crippen molar-refractivity contribution in [3.63, 3.8) is 0 Å². The number of hydrogen-bond acceptors (Lipinski definition) is 7. The number of rotatable bonds is 4. The molecule has 2 heterocycles. The number of aromatic nitrogens is 2. The van der Waals surface area contributed by atoms with Gasteiger partial charge >= 0.3 is 0 Å². The van der Waals surface area contributed by atoms with Crippen LogP contribution in [-0.2, 0) is 4.74 Å². The minimum absolute atomic E-state index is 0.518. The zero-order chi connectivity index (χ0) is 14.5. The predicted molar refractivity (Wildman–Crippen MR) is 82.6 cm³/mol. The van der Waals surface area contributed by atoms with Crippen molar-refractivity contribution in [1.82, 2.24) is 9.97 Å². The van der Waals surface area contributed by atoms with E-state index in [2.05, 4.69) is 37.7 Å². The first kappa shape index (κ1) is 13.6. The van der Waals surface area contributed by atoms with Gasteiger partial charge in [-0.15, -0.1) is 0 Å². The van der Waals surface area contributed by atoms with Gasteiger partial charge in [0, 0.05) is 24.5 Å². The van der Waals surface area contributed by atoms with Crippen LogP contribution in [0.4, 0.5) is 23.0 Å². The molecule has 4 N–H and O–H groups in total. The van der Waals surface area contributed by atoms with E-state index in [0.29, 0.717) is 11.6 Å². The maximum Gasteiger partial charge on any atom is 0.160 e. The second-order valence-electron chi connectivity index (χ2n) is 4.71. The number of nitrogens with two attached hydrogens (primary N) is 1. The zero-order valence-electron chi connectivity index (χ0n) is 11.6. The lowest BCUT2D eigenvalue weighted by molar-refractivity contribution is 0.122. The van der Waals surface area contributed by atoms with Gasteiger partial charge in [0.15, 0.2) is 11.6 Å². The van der Waals surface area contributed by atoms with Crippen LogP contribution in [0.25, 0.3) is 0 Å². The van der Waals surface area contributed by atoms with Crippen molar-refractivity contribution >= 4 is 23.0 Å². The number of benzene rings is 1. The fourth-order valence-electron chi connectivity index (χ4n) is 2.22. The van der Waals surface area contributed by atoms with E-state index in [1.807, 2.05) is 12.1 Å². The number of anilines is 4. The number of nitrogens with one attached hydrogen (secondary N) is 2. The molecule has 2 aromatic rings. The molecule has 1 fully saturated rings. The Kier molecular flexibility index (Phi) is 4.13. The molecule has 110 valence electrons. The molecule has 7 heteroatoms. The Bertz CT molecular complexity index is 582. The summed E-state index contributed by atoms with van der Waals surface area (Å²) in [4.78, 5) is 10.6. The molecule has 1 aliphatic rings. The minimum Gasteiger partial charge on any atom is -0.378 e. The molecule has 1 aromatic heterocycles. The Labute approximate surface area is 123 Å². The van der Waals surface area contributed by atoms with Crippen LogP contribution in [0.2, 0.25) is 0 Å². The van der Waals surface area contributed by atoms with E-state index < -0.39 is 0 Å². The molecule has 0 amide bonds. The summed E-state index contributed by atoms with van der Waals surface area (Å²) in [6, 6.07) is 8.22. The third-order valence-corrected chi connectivity index (χ3v) is 3.30. The molecule has 0 aliphatic carbocycles. The van der Waals surface area contributed by atoms with Gasteiger partial charge in [0.25, 0.3) is 0 Å². The molecule has 21 heavy (non-hydrogen) atoms. The summed E-state index contributed by atoms with van der Waals surface area (Å²) in [6.45, 7) is 3.44. The van der Waals surface area contributed by atoms with E-state index in [0.717, 1.165) is 32.0 Å². The van der Waals surface area contributed by atoms with Gasteiger partial charge in [-0.1, -0.05) is 0 Å². The standard InChI is InChI=1S/C14H18N6O/c15-19-14-10-16-9-13(18-14)17-11-1-3-12(4-2-11)20-5-7-21-8-6-20/h1-4,9-10H,5-8,15H2,(H2,17,18,19). The predicted octanol–water partition coefficient (Wildman–Crippen LogP) is 1.34. The summed E-state index contributed by atoms with van der Waals surface area (Å²) in [5, 5.41) is 3.20. The molecule has 0 atom stereocenters. The molecule has 0 bridgehead atoms. The molecule has 3 rings (SSSR count). The van der Waals surface area contributed by atoms with E-state index in [1.54, 1.807) is 12.4 Å². The number of ether oxygens (including phenoxy) is 1. The molecule has 0 radical (unpaired) electrons. The second kappa shape index (κ2) is 6.38. The van der Waals surface area contributed by atoms with Crippen LogP contribution in [0, 0.1) is 0 Å². The van der Waals surface area contributed by atoms with E-state index in [1.165, 1.54) is 5.69 Å². The lowest BCUT2D eigenvalue weighted by Crippen LogP contribution is -2.36. The smallest absolute Gasteiger partial charge is 0.160 e. The Morgan fingerprint density at radius 2 is 1.76 bits per heavy atom. The van der Waals surface area contributed by atoms with Crippen molar-refractivity contribution in [3.05, 3.63) is 36.7 Å². The first-order chi connectivity index (χ1) is 10.3. The monoisotopic (exact) mass is 286 g/mol. The summed E-state index contributed by atoms with van der Waals surface area (Å²) in [6.07, 6.45) is 3.21. The van der Waals surface area contributed by atoms with Gasteiger partial charge in [-0.05, 0) is 24.3 Å². The van der Waals surface area contributed by atoms with Gasteiger partial charge in [-0.25, -0.2) is 10.8 Å². The quantitative estimate of drug-likeness (QED) is 0.577. The molecular weight excluding hydrogens is 268 g/mol. The molecule has 0 saturated carbocycles. The van der Waals surface area contributed by atoms with Crippen LogP contribution >= 0.6 is 0 Å². The summed E-state index contributed by atoms with van der Waals surface area (Å²) in [5.41, 5.74) is 4.63. The van der Waals surface area contributed by atoms with E-state index in [-0.39, 0.29) is 0 Å². The van der Waals surface area contributed by atoms with Gasteiger partial charge in [0.2, 0.25) is 0 Å². The maximum atomic E-state index is 5.36. The summed E-state index contributed by atoms with van der Waals surface area (Å²) < 4.78 is 5.36. The first-order valence-electron chi connectivity index (χ1n) is 6.83. The lowest BCUT2D eigenvalue weighted by Gasteiger charge is -2.28. The average molecular weight is 286 g/mol. The van der Waals surface area contributed by atoms with Gasteiger partial charge in [0.05, 0.1) is 25.6 Å². The highest BCUT2D eigenvalue weighted by molar-refractivity contribution is 5.61. The van der Waals surface area contributed by atoms with Crippen LogP contribution in [0.1, 0.15) is 0 Å². The van der Waals surface area contributed by atoms with Crippen molar-refractivity contribution in [1.29, 1.82) is 0 Å². The van der Waals surface area contributed by atoms with Crippen LogP contribution < -0.4 is 21.5 Å². The van der Waals surface area contributed by atoms with Gasteiger partial charge in [0.1, 0.15) is 0 Å². The van der Waals surface area contributed by atoms with Crippen molar-refractivity contribution in [2.75, 3.05) is 41.9 Å². The number of nitrogens with zero attached hydrogens (tertiary/aromatic N) is 3. The summed E-state index contributed by atoms with van der Waals surface area (Å²) >= 11 is 0. The lowest BCUT2D eigenvalue weighted by atomic mass is 10.2. The molecule has 0 unspecified atom stereocenters. The fourth-order valence-corrected chi connectivity index (χ4v) is 2.22. The molecule has 7 nitrogen and oxygen atoms in total. The Morgan fingerprint density at radius 3 is 2.48 bits per heavy atom. The van der Waals surface area contributed by atoms with E-state index in [4.69, 9.17) is 10.6 Å². The van der Waals surface area contributed by atoms with Crippen LogP contribution in [0.3, 0.4) is 0 Å². The van der Waals surface area contributed by atoms with Gasteiger partial charge in [-0.2, -0.15) is 0 Å². The maximum absolute atomic E-state index is 5.36. The highest BCUT2D eigenvalue weighted by Gasteiger charge is 2.10. The molecule has 1 saturated heterocycles. The number of hydrogen-bond donors (Lipinski definition) is 3. The van der Waals surface area contributed by atoms with Crippen LogP contribution in [-0.4, -0.2) is 36.3 Å². The zero-order valence-corrected chi connectivity index (χ0v) is 11.6. The van der Waals surface area contributed by atoms with Crippen molar-refractivity contribution in [3.8, 4) is 0 Å². The van der Waals surface area contributed by atoms with Crippen molar-refractivity contribution < 1.29 is 4.74 Å². The minimum atomic E-state index is 0.518. The van der Waals surface area contributed by atoms with Crippen LogP contribution in [0.15, 0.2) is 36.7 Å². The third-order valence-electron chi connectivity index (χ3n) is 3.30. The molecule has 1 aromatic carbocycles. The Balaban J connectivity index is 1.68. The number of nitrogen functional groups attached to an aromatic ring is 1. The van der Waals surface area contributed by atoms with Crippen molar-refractivity contribution in [2.24, 2.45) is 5.84 Å². The average Bonchev–Trinajstić information content (AvgIpc) is 2.56. The van der Waals surface area contributed by atoms with E-state index >= 15 is 0 Å².